The van der Waals surface area contributed by atoms with Crippen molar-refractivity contribution < 1.29 is 9.53 Å². The maximum atomic E-state index is 12.1. The van der Waals surface area contributed by atoms with Gasteiger partial charge in [-0.2, -0.15) is 5.10 Å². The largest absolute Gasteiger partial charge is 0.481 e. The molecule has 0 radical (unpaired) electrons. The number of hydrogen-bond donors (Lipinski definition) is 2. The van der Waals surface area contributed by atoms with Gasteiger partial charge in [0.1, 0.15) is 0 Å². The molecule has 2 rings (SSSR count). The number of piperidine rings is 1. The molecule has 2 N–H and O–H groups in total. The second kappa shape index (κ2) is 5.39. The molecule has 2 atom stereocenters. The van der Waals surface area contributed by atoms with Gasteiger partial charge in [0, 0.05) is 19.2 Å². The van der Waals surface area contributed by atoms with Gasteiger partial charge >= 0.3 is 0 Å². The fraction of sp³-hybridized carbons (Fsp3) is 0.667. The van der Waals surface area contributed by atoms with E-state index in [-0.39, 0.29) is 11.9 Å². The molecule has 1 saturated heterocycles. The van der Waals surface area contributed by atoms with E-state index in [9.17, 15) is 4.79 Å². The third-order valence-corrected chi connectivity index (χ3v) is 3.38. The minimum atomic E-state index is -0.132. The van der Waals surface area contributed by atoms with E-state index in [0.717, 1.165) is 19.5 Å². The summed E-state index contributed by atoms with van der Waals surface area (Å²) in [7, 11) is 3.32. The SMILES string of the molecule is COc1cc(C(=O)NC2CCNCC2C)nn1C. The van der Waals surface area contributed by atoms with Crippen LogP contribution in [0.25, 0.3) is 0 Å². The zero-order chi connectivity index (χ0) is 13.1. The predicted octanol–water partition coefficient (Wildman–Crippen LogP) is 0.156. The molecular formula is C12H20N4O2. The summed E-state index contributed by atoms with van der Waals surface area (Å²) in [6, 6.07) is 1.87. The predicted molar refractivity (Wildman–Crippen MR) is 67.7 cm³/mol. The van der Waals surface area contributed by atoms with Crippen LogP contribution < -0.4 is 15.4 Å². The molecule has 1 aromatic rings. The molecule has 0 saturated carbocycles. The summed E-state index contributed by atoms with van der Waals surface area (Å²) < 4.78 is 6.65. The number of aryl methyl sites for hydroxylation is 1. The van der Waals surface area contributed by atoms with Gasteiger partial charge in [0.05, 0.1) is 7.11 Å². The first-order chi connectivity index (χ1) is 8.61. The Hall–Kier alpha value is -1.56. The fourth-order valence-corrected chi connectivity index (χ4v) is 2.22. The van der Waals surface area contributed by atoms with Crippen molar-refractivity contribution in [2.45, 2.75) is 19.4 Å². The maximum absolute atomic E-state index is 12.1. The van der Waals surface area contributed by atoms with Crippen molar-refractivity contribution in [1.82, 2.24) is 20.4 Å². The summed E-state index contributed by atoms with van der Waals surface area (Å²) in [5, 5.41) is 10.5. The molecular weight excluding hydrogens is 232 g/mol. The highest BCUT2D eigenvalue weighted by Crippen LogP contribution is 2.14. The van der Waals surface area contributed by atoms with Gasteiger partial charge in [-0.05, 0) is 25.4 Å². The number of carbonyl (C=O) groups is 1. The van der Waals surface area contributed by atoms with Crippen LogP contribution in [0.1, 0.15) is 23.8 Å². The van der Waals surface area contributed by atoms with E-state index in [1.54, 1.807) is 24.9 Å². The lowest BCUT2D eigenvalue weighted by atomic mass is 9.95. The van der Waals surface area contributed by atoms with Gasteiger partial charge in [-0.15, -0.1) is 0 Å². The van der Waals surface area contributed by atoms with Crippen molar-refractivity contribution >= 4 is 5.91 Å². The monoisotopic (exact) mass is 252 g/mol. The Labute approximate surface area is 107 Å². The number of carbonyl (C=O) groups excluding carboxylic acids is 1. The smallest absolute Gasteiger partial charge is 0.272 e. The van der Waals surface area contributed by atoms with E-state index < -0.39 is 0 Å². The molecule has 1 fully saturated rings. The van der Waals surface area contributed by atoms with E-state index in [2.05, 4.69) is 22.7 Å². The van der Waals surface area contributed by atoms with Gasteiger partial charge < -0.3 is 15.4 Å². The fourth-order valence-electron chi connectivity index (χ4n) is 2.22. The van der Waals surface area contributed by atoms with Crippen LogP contribution in [0.3, 0.4) is 0 Å². The molecule has 100 valence electrons. The molecule has 0 spiro atoms. The van der Waals surface area contributed by atoms with Crippen molar-refractivity contribution in [3.8, 4) is 5.88 Å². The molecule has 1 amide bonds. The Morgan fingerprint density at radius 2 is 2.44 bits per heavy atom. The summed E-state index contributed by atoms with van der Waals surface area (Å²) in [6.45, 7) is 4.02. The number of hydrogen-bond acceptors (Lipinski definition) is 4. The van der Waals surface area contributed by atoms with Crippen molar-refractivity contribution in [2.75, 3.05) is 20.2 Å². The Morgan fingerprint density at radius 1 is 1.67 bits per heavy atom. The van der Waals surface area contributed by atoms with Crippen LogP contribution in [-0.2, 0) is 7.05 Å². The highest BCUT2D eigenvalue weighted by molar-refractivity contribution is 5.92. The van der Waals surface area contributed by atoms with Gasteiger partial charge in [-0.1, -0.05) is 6.92 Å². The Balaban J connectivity index is 2.02. The minimum absolute atomic E-state index is 0.132. The zero-order valence-corrected chi connectivity index (χ0v) is 11.1. The molecule has 2 heterocycles. The first-order valence-corrected chi connectivity index (χ1v) is 6.21. The lowest BCUT2D eigenvalue weighted by Gasteiger charge is -2.29. The van der Waals surface area contributed by atoms with Crippen molar-refractivity contribution in [2.24, 2.45) is 13.0 Å². The first kappa shape index (κ1) is 12.9. The molecule has 0 aromatic carbocycles. The van der Waals surface area contributed by atoms with Crippen LogP contribution >= 0.6 is 0 Å². The average Bonchev–Trinajstić information content (AvgIpc) is 2.73. The highest BCUT2D eigenvalue weighted by atomic mass is 16.5. The van der Waals surface area contributed by atoms with E-state index in [4.69, 9.17) is 4.74 Å². The van der Waals surface area contributed by atoms with Gasteiger partial charge in [-0.25, -0.2) is 4.68 Å². The number of nitrogens with one attached hydrogen (secondary N) is 2. The van der Waals surface area contributed by atoms with Crippen LogP contribution in [0.15, 0.2) is 6.07 Å². The van der Waals surface area contributed by atoms with E-state index in [1.807, 2.05) is 0 Å². The van der Waals surface area contributed by atoms with Crippen molar-refractivity contribution in [3.63, 3.8) is 0 Å². The number of methoxy groups -OCH3 is 1. The number of amides is 1. The standard InChI is InChI=1S/C12H20N4O2/c1-8-7-13-5-4-9(8)14-12(17)10-6-11(18-3)16(2)15-10/h6,8-9,13H,4-5,7H2,1-3H3,(H,14,17). The maximum Gasteiger partial charge on any atom is 0.272 e. The second-order valence-corrected chi connectivity index (χ2v) is 4.75. The second-order valence-electron chi connectivity index (χ2n) is 4.75. The summed E-state index contributed by atoms with van der Waals surface area (Å²) in [5.41, 5.74) is 0.403. The molecule has 6 nitrogen and oxygen atoms in total. The van der Waals surface area contributed by atoms with Gasteiger partial charge in [0.2, 0.25) is 5.88 Å². The highest BCUT2D eigenvalue weighted by Gasteiger charge is 2.24. The lowest BCUT2D eigenvalue weighted by molar-refractivity contribution is 0.0908. The van der Waals surface area contributed by atoms with E-state index in [1.165, 1.54) is 0 Å². The molecule has 1 aliphatic heterocycles. The zero-order valence-electron chi connectivity index (χ0n) is 11.1. The van der Waals surface area contributed by atoms with Crippen molar-refractivity contribution in [3.05, 3.63) is 11.8 Å². The Kier molecular flexibility index (Phi) is 3.86. The molecule has 18 heavy (non-hydrogen) atoms. The summed E-state index contributed by atoms with van der Waals surface area (Å²) in [6.07, 6.45) is 0.955. The van der Waals surface area contributed by atoms with Crippen molar-refractivity contribution in [1.29, 1.82) is 0 Å². The molecule has 2 unspecified atom stereocenters. The quantitative estimate of drug-likeness (QED) is 0.804. The number of nitrogens with zero attached hydrogens (tertiary/aromatic N) is 2. The molecule has 0 bridgehead atoms. The first-order valence-electron chi connectivity index (χ1n) is 6.21. The average molecular weight is 252 g/mol. The lowest BCUT2D eigenvalue weighted by Crippen LogP contribution is -2.48. The Morgan fingerprint density at radius 3 is 3.06 bits per heavy atom. The molecule has 0 aliphatic carbocycles. The van der Waals surface area contributed by atoms with Crippen LogP contribution in [0.2, 0.25) is 0 Å². The molecule has 1 aliphatic rings. The van der Waals surface area contributed by atoms with Crippen LogP contribution in [0, 0.1) is 5.92 Å². The number of aromatic nitrogens is 2. The van der Waals surface area contributed by atoms with Crippen LogP contribution in [-0.4, -0.2) is 41.9 Å². The van der Waals surface area contributed by atoms with E-state index >= 15 is 0 Å². The number of rotatable bonds is 3. The minimum Gasteiger partial charge on any atom is -0.481 e. The summed E-state index contributed by atoms with van der Waals surface area (Å²) in [4.78, 5) is 12.1. The number of ether oxygens (including phenoxy) is 1. The van der Waals surface area contributed by atoms with Gasteiger partial charge in [0.25, 0.3) is 5.91 Å². The third kappa shape index (κ3) is 2.64. The summed E-state index contributed by atoms with van der Waals surface area (Å²) in [5.74, 6) is 0.888. The van der Waals surface area contributed by atoms with Gasteiger partial charge in [0.15, 0.2) is 5.69 Å². The molecule has 6 heteroatoms. The Bertz CT molecular complexity index is 430. The third-order valence-electron chi connectivity index (χ3n) is 3.38. The topological polar surface area (TPSA) is 68.2 Å². The molecule has 1 aromatic heterocycles. The summed E-state index contributed by atoms with van der Waals surface area (Å²) >= 11 is 0. The van der Waals surface area contributed by atoms with Crippen LogP contribution in [0.4, 0.5) is 0 Å². The van der Waals surface area contributed by atoms with Gasteiger partial charge in [-0.3, -0.25) is 4.79 Å². The van der Waals surface area contributed by atoms with E-state index in [0.29, 0.717) is 17.5 Å². The normalized spacial score (nSPS) is 23.7. The van der Waals surface area contributed by atoms with Crippen LogP contribution in [0.5, 0.6) is 5.88 Å².